The average Bonchev–Trinajstić information content (AvgIpc) is 2.28. The first kappa shape index (κ1) is 18.0. The van der Waals surface area contributed by atoms with E-state index < -0.39 is 0 Å². The Labute approximate surface area is 116 Å². The summed E-state index contributed by atoms with van der Waals surface area (Å²) in [5, 5.41) is 3.66. The van der Waals surface area contributed by atoms with Crippen LogP contribution in [-0.4, -0.2) is 13.1 Å². The Morgan fingerprint density at radius 2 is 1.56 bits per heavy atom. The van der Waals surface area contributed by atoms with Crippen molar-refractivity contribution >= 4 is 0 Å². The van der Waals surface area contributed by atoms with Crippen molar-refractivity contribution in [1.82, 2.24) is 5.32 Å². The third kappa shape index (κ3) is 8.13. The highest BCUT2D eigenvalue weighted by Crippen LogP contribution is 2.32. The van der Waals surface area contributed by atoms with Gasteiger partial charge in [0.05, 0.1) is 0 Å². The lowest BCUT2D eigenvalue weighted by atomic mass is 9.75. The van der Waals surface area contributed by atoms with Crippen LogP contribution in [0.15, 0.2) is 0 Å². The van der Waals surface area contributed by atoms with Gasteiger partial charge < -0.3 is 5.32 Å². The summed E-state index contributed by atoms with van der Waals surface area (Å²) < 4.78 is 0. The van der Waals surface area contributed by atoms with Crippen molar-refractivity contribution in [1.29, 1.82) is 0 Å². The molecule has 0 bridgehead atoms. The van der Waals surface area contributed by atoms with Crippen LogP contribution in [0, 0.1) is 17.3 Å². The van der Waals surface area contributed by atoms with Crippen LogP contribution < -0.4 is 5.32 Å². The van der Waals surface area contributed by atoms with Gasteiger partial charge in [0.15, 0.2) is 0 Å². The summed E-state index contributed by atoms with van der Waals surface area (Å²) in [7, 11) is 0. The van der Waals surface area contributed by atoms with E-state index in [4.69, 9.17) is 0 Å². The highest BCUT2D eigenvalue weighted by molar-refractivity contribution is 4.80. The molecule has 1 heteroatoms. The maximum absolute atomic E-state index is 3.66. The van der Waals surface area contributed by atoms with Gasteiger partial charge in [0.25, 0.3) is 0 Å². The topological polar surface area (TPSA) is 12.0 Å². The van der Waals surface area contributed by atoms with Gasteiger partial charge in [0.1, 0.15) is 0 Å². The SMILES string of the molecule is CCCCCCCC(C)(CNCC(C)C)C(C)C. The van der Waals surface area contributed by atoms with Crippen LogP contribution in [-0.2, 0) is 0 Å². The lowest BCUT2D eigenvalue weighted by molar-refractivity contribution is 0.182. The summed E-state index contributed by atoms with van der Waals surface area (Å²) in [6.45, 7) is 16.4. The molecule has 1 N–H and O–H groups in total. The van der Waals surface area contributed by atoms with E-state index in [9.17, 15) is 0 Å². The molecule has 1 atom stereocenters. The summed E-state index contributed by atoms with van der Waals surface area (Å²) in [5.41, 5.74) is 0.473. The molecular weight excluding hydrogens is 218 g/mol. The molecule has 0 fully saturated rings. The van der Waals surface area contributed by atoms with Crippen molar-refractivity contribution in [3.8, 4) is 0 Å². The number of nitrogens with one attached hydrogen (secondary N) is 1. The monoisotopic (exact) mass is 255 g/mol. The summed E-state index contributed by atoms with van der Waals surface area (Å²) in [4.78, 5) is 0. The number of unbranched alkanes of at least 4 members (excludes halogenated alkanes) is 4. The quantitative estimate of drug-likeness (QED) is 0.497. The lowest BCUT2D eigenvalue weighted by Gasteiger charge is -2.34. The van der Waals surface area contributed by atoms with E-state index in [1.807, 2.05) is 0 Å². The van der Waals surface area contributed by atoms with Crippen molar-refractivity contribution in [3.05, 3.63) is 0 Å². The van der Waals surface area contributed by atoms with Crippen molar-refractivity contribution in [2.45, 2.75) is 80.1 Å². The van der Waals surface area contributed by atoms with Crippen LogP contribution in [0.2, 0.25) is 0 Å². The summed E-state index contributed by atoms with van der Waals surface area (Å²) in [6, 6.07) is 0. The summed E-state index contributed by atoms with van der Waals surface area (Å²) in [5.74, 6) is 1.52. The van der Waals surface area contributed by atoms with Crippen molar-refractivity contribution in [2.75, 3.05) is 13.1 Å². The Balaban J connectivity index is 3.94. The van der Waals surface area contributed by atoms with Crippen molar-refractivity contribution < 1.29 is 0 Å². The Bertz CT molecular complexity index is 186. The molecule has 0 aromatic rings. The second-order valence-electron chi connectivity index (χ2n) is 7.00. The van der Waals surface area contributed by atoms with Crippen LogP contribution in [0.5, 0.6) is 0 Å². The predicted octanol–water partition coefficient (Wildman–Crippen LogP) is 5.25. The number of hydrogen-bond donors (Lipinski definition) is 1. The van der Waals surface area contributed by atoms with Gasteiger partial charge in [0, 0.05) is 6.54 Å². The zero-order chi connectivity index (χ0) is 14.0. The standard InChI is InChI=1S/C17H37N/c1-7-8-9-10-11-12-17(6,16(4)5)14-18-13-15(2)3/h15-16,18H,7-14H2,1-6H3. The van der Waals surface area contributed by atoms with E-state index in [1.54, 1.807) is 0 Å². The second kappa shape index (κ2) is 9.83. The fraction of sp³-hybridized carbons (Fsp3) is 1.00. The Hall–Kier alpha value is -0.0400. The van der Waals surface area contributed by atoms with E-state index in [0.29, 0.717) is 5.41 Å². The number of hydrogen-bond acceptors (Lipinski definition) is 1. The fourth-order valence-corrected chi connectivity index (χ4v) is 2.36. The maximum Gasteiger partial charge on any atom is 0.000772 e. The zero-order valence-electron chi connectivity index (χ0n) is 13.8. The third-order valence-electron chi connectivity index (χ3n) is 4.33. The molecule has 0 saturated heterocycles. The Morgan fingerprint density at radius 1 is 0.944 bits per heavy atom. The molecule has 0 saturated carbocycles. The van der Waals surface area contributed by atoms with Gasteiger partial charge in [-0.1, -0.05) is 73.6 Å². The van der Waals surface area contributed by atoms with Gasteiger partial charge in [-0.25, -0.2) is 0 Å². The van der Waals surface area contributed by atoms with Crippen LogP contribution in [0.1, 0.15) is 80.1 Å². The molecular formula is C17H37N. The normalized spacial score (nSPS) is 15.3. The van der Waals surface area contributed by atoms with Gasteiger partial charge in [-0.15, -0.1) is 0 Å². The largest absolute Gasteiger partial charge is 0.316 e. The smallest absolute Gasteiger partial charge is 0.000772 e. The molecule has 0 rings (SSSR count). The first-order valence-electron chi connectivity index (χ1n) is 8.13. The average molecular weight is 255 g/mol. The van der Waals surface area contributed by atoms with Gasteiger partial charge in [0.2, 0.25) is 0 Å². The highest BCUT2D eigenvalue weighted by atomic mass is 14.9. The molecule has 1 unspecified atom stereocenters. The molecule has 0 aromatic carbocycles. The minimum atomic E-state index is 0.473. The van der Waals surface area contributed by atoms with E-state index in [0.717, 1.165) is 18.4 Å². The van der Waals surface area contributed by atoms with Crippen molar-refractivity contribution in [3.63, 3.8) is 0 Å². The minimum absolute atomic E-state index is 0.473. The van der Waals surface area contributed by atoms with Gasteiger partial charge >= 0.3 is 0 Å². The van der Waals surface area contributed by atoms with E-state index in [2.05, 4.69) is 46.9 Å². The Morgan fingerprint density at radius 3 is 2.06 bits per heavy atom. The molecule has 0 radical (unpaired) electrons. The fourth-order valence-electron chi connectivity index (χ4n) is 2.36. The van der Waals surface area contributed by atoms with Gasteiger partial charge in [-0.05, 0) is 30.2 Å². The van der Waals surface area contributed by atoms with E-state index >= 15 is 0 Å². The summed E-state index contributed by atoms with van der Waals surface area (Å²) in [6.07, 6.45) is 8.36. The third-order valence-corrected chi connectivity index (χ3v) is 4.33. The molecule has 0 spiro atoms. The van der Waals surface area contributed by atoms with E-state index in [-0.39, 0.29) is 0 Å². The van der Waals surface area contributed by atoms with Crippen LogP contribution in [0.25, 0.3) is 0 Å². The predicted molar refractivity (Wildman–Crippen MR) is 84.0 cm³/mol. The lowest BCUT2D eigenvalue weighted by Crippen LogP contribution is -2.37. The Kier molecular flexibility index (Phi) is 9.81. The molecule has 0 aliphatic carbocycles. The molecule has 18 heavy (non-hydrogen) atoms. The second-order valence-corrected chi connectivity index (χ2v) is 7.00. The number of rotatable bonds is 11. The molecule has 0 heterocycles. The van der Waals surface area contributed by atoms with Crippen LogP contribution in [0.4, 0.5) is 0 Å². The molecule has 0 amide bonds. The molecule has 1 nitrogen and oxygen atoms in total. The molecule has 0 aliphatic rings. The minimum Gasteiger partial charge on any atom is -0.316 e. The molecule has 0 aliphatic heterocycles. The van der Waals surface area contributed by atoms with Gasteiger partial charge in [-0.3, -0.25) is 0 Å². The molecule has 0 aromatic heterocycles. The first-order valence-corrected chi connectivity index (χ1v) is 8.13. The van der Waals surface area contributed by atoms with Crippen molar-refractivity contribution in [2.24, 2.45) is 17.3 Å². The van der Waals surface area contributed by atoms with Crippen LogP contribution >= 0.6 is 0 Å². The van der Waals surface area contributed by atoms with Crippen LogP contribution in [0.3, 0.4) is 0 Å². The first-order chi connectivity index (χ1) is 8.42. The zero-order valence-corrected chi connectivity index (χ0v) is 13.8. The van der Waals surface area contributed by atoms with E-state index in [1.165, 1.54) is 45.1 Å². The summed E-state index contributed by atoms with van der Waals surface area (Å²) >= 11 is 0. The van der Waals surface area contributed by atoms with Gasteiger partial charge in [-0.2, -0.15) is 0 Å². The maximum atomic E-state index is 3.66. The molecule has 110 valence electrons. The highest BCUT2D eigenvalue weighted by Gasteiger charge is 2.27.